The maximum absolute atomic E-state index is 14.3. The number of Topliss-reactive ketones (excluding diaryl/α,β-unsaturated/α-hetero) is 1. The fourth-order valence-electron chi connectivity index (χ4n) is 3.03. The van der Waals surface area contributed by atoms with Gasteiger partial charge in [0, 0.05) is 42.6 Å². The van der Waals surface area contributed by atoms with Crippen molar-refractivity contribution in [2.75, 3.05) is 4.90 Å². The fourth-order valence-corrected chi connectivity index (χ4v) is 3.03. The number of ketones is 1. The number of carbonyl (C=O) groups excluding carboxylic acids is 1. The van der Waals surface area contributed by atoms with Gasteiger partial charge in [0.25, 0.3) is 0 Å². The third-order valence-electron chi connectivity index (χ3n) is 4.17. The number of carbonyl (C=O) groups is 1. The molecule has 1 aliphatic rings. The summed E-state index contributed by atoms with van der Waals surface area (Å²) >= 11 is 0. The predicted molar refractivity (Wildman–Crippen MR) is 82.7 cm³/mol. The van der Waals surface area contributed by atoms with Crippen molar-refractivity contribution in [1.82, 2.24) is 9.78 Å². The van der Waals surface area contributed by atoms with Gasteiger partial charge in [0.1, 0.15) is 11.6 Å². The SMILES string of the molecule is CC1=CN(c2ccn(C)n2)C(c2c(F)cccc2F)C(C)C1=O. The first kappa shape index (κ1) is 15.4. The molecule has 120 valence electrons. The molecule has 2 aromatic rings. The molecular formula is C17H17F2N3O. The molecule has 0 saturated carbocycles. The first-order chi connectivity index (χ1) is 10.9. The van der Waals surface area contributed by atoms with Gasteiger partial charge in [-0.15, -0.1) is 0 Å². The zero-order valence-electron chi connectivity index (χ0n) is 13.1. The van der Waals surface area contributed by atoms with Crippen molar-refractivity contribution < 1.29 is 13.6 Å². The van der Waals surface area contributed by atoms with E-state index in [1.54, 1.807) is 48.9 Å². The summed E-state index contributed by atoms with van der Waals surface area (Å²) in [6, 6.07) is 4.70. The van der Waals surface area contributed by atoms with Gasteiger partial charge in [0.2, 0.25) is 0 Å². The van der Waals surface area contributed by atoms with Crippen LogP contribution in [0.3, 0.4) is 0 Å². The number of hydrogen-bond acceptors (Lipinski definition) is 3. The van der Waals surface area contributed by atoms with Crippen molar-refractivity contribution >= 4 is 11.6 Å². The van der Waals surface area contributed by atoms with E-state index in [1.165, 1.54) is 18.2 Å². The second-order valence-corrected chi connectivity index (χ2v) is 5.80. The zero-order chi connectivity index (χ0) is 16.7. The molecule has 2 atom stereocenters. The maximum atomic E-state index is 14.3. The van der Waals surface area contributed by atoms with Crippen LogP contribution in [0.1, 0.15) is 25.5 Å². The molecule has 0 N–H and O–H groups in total. The van der Waals surface area contributed by atoms with E-state index in [2.05, 4.69) is 5.10 Å². The van der Waals surface area contributed by atoms with Crippen molar-refractivity contribution in [2.45, 2.75) is 19.9 Å². The van der Waals surface area contributed by atoms with Gasteiger partial charge in [-0.25, -0.2) is 8.78 Å². The summed E-state index contributed by atoms with van der Waals surface area (Å²) in [5, 5.41) is 4.31. The molecule has 2 unspecified atom stereocenters. The monoisotopic (exact) mass is 317 g/mol. The molecule has 0 bridgehead atoms. The van der Waals surface area contributed by atoms with Crippen LogP contribution in [0, 0.1) is 17.6 Å². The van der Waals surface area contributed by atoms with E-state index in [9.17, 15) is 13.6 Å². The number of nitrogens with zero attached hydrogens (tertiary/aromatic N) is 3. The number of rotatable bonds is 2. The fraction of sp³-hybridized carbons (Fsp3) is 0.294. The van der Waals surface area contributed by atoms with E-state index >= 15 is 0 Å². The molecule has 23 heavy (non-hydrogen) atoms. The third-order valence-corrected chi connectivity index (χ3v) is 4.17. The Morgan fingerprint density at radius 1 is 1.17 bits per heavy atom. The third kappa shape index (κ3) is 2.54. The van der Waals surface area contributed by atoms with Crippen LogP contribution in [-0.4, -0.2) is 15.6 Å². The summed E-state index contributed by atoms with van der Waals surface area (Å²) in [4.78, 5) is 14.0. The molecule has 4 nitrogen and oxygen atoms in total. The van der Waals surface area contributed by atoms with E-state index in [4.69, 9.17) is 0 Å². The van der Waals surface area contributed by atoms with E-state index in [0.717, 1.165) is 0 Å². The lowest BCUT2D eigenvalue weighted by Gasteiger charge is -2.37. The smallest absolute Gasteiger partial charge is 0.165 e. The standard InChI is InChI=1S/C17H17F2N3O/c1-10-9-22(14-7-8-21(3)20-14)16(11(2)17(10)23)15-12(18)5-4-6-13(15)19/h4-9,11,16H,1-3H3. The van der Waals surface area contributed by atoms with Gasteiger partial charge in [-0.1, -0.05) is 13.0 Å². The lowest BCUT2D eigenvalue weighted by Crippen LogP contribution is -2.39. The number of aryl methyl sites for hydroxylation is 1. The molecule has 0 amide bonds. The Morgan fingerprint density at radius 2 is 1.83 bits per heavy atom. The molecule has 0 aliphatic carbocycles. The highest BCUT2D eigenvalue weighted by molar-refractivity contribution is 5.99. The molecule has 1 aliphatic heterocycles. The van der Waals surface area contributed by atoms with Crippen LogP contribution in [0.25, 0.3) is 0 Å². The first-order valence-corrected chi connectivity index (χ1v) is 7.34. The van der Waals surface area contributed by atoms with Crippen LogP contribution in [0.15, 0.2) is 42.2 Å². The van der Waals surface area contributed by atoms with Crippen LogP contribution in [0.4, 0.5) is 14.6 Å². The summed E-state index contributed by atoms with van der Waals surface area (Å²) < 4.78 is 30.2. The lowest BCUT2D eigenvalue weighted by atomic mass is 9.84. The van der Waals surface area contributed by atoms with Gasteiger partial charge >= 0.3 is 0 Å². The van der Waals surface area contributed by atoms with Gasteiger partial charge in [0.05, 0.1) is 6.04 Å². The minimum atomic E-state index is -0.776. The molecule has 0 saturated heterocycles. The number of hydrogen-bond donors (Lipinski definition) is 0. The van der Waals surface area contributed by atoms with Crippen molar-refractivity contribution in [2.24, 2.45) is 13.0 Å². The molecule has 0 spiro atoms. The van der Waals surface area contributed by atoms with Crippen molar-refractivity contribution in [3.63, 3.8) is 0 Å². The highest BCUT2D eigenvalue weighted by atomic mass is 19.1. The summed E-state index contributed by atoms with van der Waals surface area (Å²) in [6.45, 7) is 3.38. The number of benzene rings is 1. The Morgan fingerprint density at radius 3 is 2.39 bits per heavy atom. The van der Waals surface area contributed by atoms with E-state index in [-0.39, 0.29) is 11.3 Å². The zero-order valence-corrected chi connectivity index (χ0v) is 13.1. The number of halogens is 2. The molecule has 1 aromatic carbocycles. The number of anilines is 1. The predicted octanol–water partition coefficient (Wildman–Crippen LogP) is 3.37. The molecule has 3 rings (SSSR count). The van der Waals surface area contributed by atoms with Crippen molar-refractivity contribution in [3.8, 4) is 0 Å². The molecule has 1 aromatic heterocycles. The van der Waals surface area contributed by atoms with Crippen molar-refractivity contribution in [3.05, 3.63) is 59.4 Å². The van der Waals surface area contributed by atoms with Crippen LogP contribution >= 0.6 is 0 Å². The number of allylic oxidation sites excluding steroid dienone is 1. The van der Waals surface area contributed by atoms with Crippen LogP contribution in [0.5, 0.6) is 0 Å². The van der Waals surface area contributed by atoms with Gasteiger partial charge in [-0.2, -0.15) is 5.10 Å². The molecule has 0 fully saturated rings. The van der Waals surface area contributed by atoms with Crippen LogP contribution in [0.2, 0.25) is 0 Å². The van der Waals surface area contributed by atoms with Crippen molar-refractivity contribution in [1.29, 1.82) is 0 Å². The summed E-state index contributed by atoms with van der Waals surface area (Å²) in [5.74, 6) is -1.50. The van der Waals surface area contributed by atoms with Gasteiger partial charge < -0.3 is 4.90 Å². The highest BCUT2D eigenvalue weighted by Gasteiger charge is 2.38. The quantitative estimate of drug-likeness (QED) is 0.852. The first-order valence-electron chi connectivity index (χ1n) is 7.34. The average Bonchev–Trinajstić information content (AvgIpc) is 2.93. The Bertz CT molecular complexity index is 777. The van der Waals surface area contributed by atoms with Gasteiger partial charge in [0.15, 0.2) is 11.6 Å². The van der Waals surface area contributed by atoms with Crippen LogP contribution < -0.4 is 4.90 Å². The van der Waals surface area contributed by atoms with E-state index in [1.807, 2.05) is 0 Å². The summed E-state index contributed by atoms with van der Waals surface area (Å²) in [5.41, 5.74) is 0.430. The highest BCUT2D eigenvalue weighted by Crippen LogP contribution is 2.39. The topological polar surface area (TPSA) is 38.1 Å². The van der Waals surface area contributed by atoms with Gasteiger partial charge in [-0.05, 0) is 19.1 Å². The van der Waals surface area contributed by atoms with Gasteiger partial charge in [-0.3, -0.25) is 9.48 Å². The second kappa shape index (κ2) is 5.61. The second-order valence-electron chi connectivity index (χ2n) is 5.80. The minimum absolute atomic E-state index is 0.109. The normalized spacial score (nSPS) is 21.5. The Kier molecular flexibility index (Phi) is 3.75. The summed E-state index contributed by atoms with van der Waals surface area (Å²) in [6.07, 6.45) is 3.36. The van der Waals surface area contributed by atoms with E-state index < -0.39 is 23.6 Å². The Labute approximate surface area is 133 Å². The summed E-state index contributed by atoms with van der Waals surface area (Å²) in [7, 11) is 1.76. The maximum Gasteiger partial charge on any atom is 0.165 e. The van der Waals surface area contributed by atoms with E-state index in [0.29, 0.717) is 11.4 Å². The molecule has 6 heteroatoms. The minimum Gasteiger partial charge on any atom is -0.323 e. The molecular weight excluding hydrogens is 300 g/mol. The lowest BCUT2D eigenvalue weighted by molar-refractivity contribution is -0.119. The van der Waals surface area contributed by atoms with Crippen LogP contribution in [-0.2, 0) is 11.8 Å². The Hall–Kier alpha value is -2.50. The Balaban J connectivity index is 2.19. The molecule has 2 heterocycles. The largest absolute Gasteiger partial charge is 0.323 e. The average molecular weight is 317 g/mol. The number of aromatic nitrogens is 2. The molecule has 0 radical (unpaired) electrons.